The van der Waals surface area contributed by atoms with Gasteiger partial charge in [-0.25, -0.2) is 4.79 Å². The zero-order chi connectivity index (χ0) is 16.7. The van der Waals surface area contributed by atoms with Gasteiger partial charge in [-0.3, -0.25) is 14.9 Å². The minimum absolute atomic E-state index is 0.0397. The number of carbonyl (C=O) groups excluding carboxylic acids is 2. The lowest BCUT2D eigenvalue weighted by molar-refractivity contribution is -0.385. The molecule has 8 nitrogen and oxygen atoms in total. The number of urea groups is 1. The molecule has 1 unspecified atom stereocenters. The minimum Gasteiger partial charge on any atom is -0.354 e. The van der Waals surface area contributed by atoms with Crippen LogP contribution in [0.25, 0.3) is 0 Å². The Hall–Kier alpha value is -2.64. The molecule has 1 fully saturated rings. The summed E-state index contributed by atoms with van der Waals surface area (Å²) in [5.41, 5.74) is 0.600. The van der Waals surface area contributed by atoms with Crippen molar-refractivity contribution in [2.45, 2.75) is 31.7 Å². The Morgan fingerprint density at radius 3 is 2.91 bits per heavy atom. The van der Waals surface area contributed by atoms with Crippen molar-refractivity contribution in [2.75, 3.05) is 13.1 Å². The lowest BCUT2D eigenvalue weighted by Crippen LogP contribution is -2.49. The molecule has 2 rings (SSSR count). The van der Waals surface area contributed by atoms with E-state index < -0.39 is 17.0 Å². The average Bonchev–Trinajstić information content (AvgIpc) is 2.72. The summed E-state index contributed by atoms with van der Waals surface area (Å²) >= 11 is 0. The molecule has 0 aliphatic carbocycles. The second-order valence-corrected chi connectivity index (χ2v) is 5.38. The van der Waals surface area contributed by atoms with Crippen LogP contribution in [-0.2, 0) is 11.2 Å². The molecular formula is C15H20N4O4. The minimum atomic E-state index is -0.524. The molecule has 3 amide bonds. The van der Waals surface area contributed by atoms with Crippen LogP contribution in [-0.4, -0.2) is 36.0 Å². The fraction of sp³-hybridized carbons (Fsp3) is 0.467. The first-order valence-electron chi connectivity index (χ1n) is 7.62. The normalized spacial score (nSPS) is 17.7. The highest BCUT2D eigenvalue weighted by molar-refractivity contribution is 5.87. The smallest absolute Gasteiger partial charge is 0.315 e. The fourth-order valence-electron chi connectivity index (χ4n) is 2.50. The van der Waals surface area contributed by atoms with E-state index in [-0.39, 0.29) is 18.1 Å². The van der Waals surface area contributed by atoms with E-state index in [2.05, 4.69) is 16.0 Å². The fourth-order valence-corrected chi connectivity index (χ4v) is 2.50. The summed E-state index contributed by atoms with van der Waals surface area (Å²) in [6, 6.07) is 5.46. The summed E-state index contributed by atoms with van der Waals surface area (Å²) in [7, 11) is 0. The van der Waals surface area contributed by atoms with E-state index >= 15 is 0 Å². The number of hydrogen-bond acceptors (Lipinski definition) is 4. The number of nitrogens with zero attached hydrogens (tertiary/aromatic N) is 1. The third-order valence-electron chi connectivity index (χ3n) is 3.71. The quantitative estimate of drug-likeness (QED) is 0.557. The Labute approximate surface area is 133 Å². The highest BCUT2D eigenvalue weighted by atomic mass is 16.6. The first-order chi connectivity index (χ1) is 11.1. The zero-order valence-electron chi connectivity index (χ0n) is 12.7. The maximum absolute atomic E-state index is 11.8. The zero-order valence-corrected chi connectivity index (χ0v) is 12.7. The predicted octanol–water partition coefficient (Wildman–Crippen LogP) is 1.11. The van der Waals surface area contributed by atoms with E-state index in [0.717, 1.165) is 12.8 Å². The third kappa shape index (κ3) is 4.94. The van der Waals surface area contributed by atoms with Gasteiger partial charge in [0.05, 0.1) is 4.92 Å². The third-order valence-corrected chi connectivity index (χ3v) is 3.71. The number of nitro groups is 1. The Balaban J connectivity index is 1.81. The van der Waals surface area contributed by atoms with Gasteiger partial charge in [-0.05, 0) is 25.7 Å². The molecule has 3 N–H and O–H groups in total. The number of nitro benzene ring substituents is 1. The van der Waals surface area contributed by atoms with Crippen molar-refractivity contribution in [1.29, 1.82) is 0 Å². The monoisotopic (exact) mass is 320 g/mol. The first-order valence-corrected chi connectivity index (χ1v) is 7.62. The highest BCUT2D eigenvalue weighted by Crippen LogP contribution is 2.17. The molecule has 0 saturated carbocycles. The van der Waals surface area contributed by atoms with Crippen LogP contribution in [0, 0.1) is 10.1 Å². The van der Waals surface area contributed by atoms with E-state index in [9.17, 15) is 19.7 Å². The molecule has 1 aliphatic rings. The molecule has 8 heteroatoms. The highest BCUT2D eigenvalue weighted by Gasteiger charge is 2.22. The molecule has 1 heterocycles. The van der Waals surface area contributed by atoms with Crippen LogP contribution in [0.1, 0.15) is 24.8 Å². The largest absolute Gasteiger partial charge is 0.354 e. The number of rotatable bonds is 5. The van der Waals surface area contributed by atoms with Crippen LogP contribution in [0.4, 0.5) is 10.5 Å². The van der Waals surface area contributed by atoms with Gasteiger partial charge < -0.3 is 16.0 Å². The van der Waals surface area contributed by atoms with Gasteiger partial charge in [0.15, 0.2) is 0 Å². The Morgan fingerprint density at radius 1 is 1.35 bits per heavy atom. The summed E-state index contributed by atoms with van der Waals surface area (Å²) in [6.45, 7) is 0.890. The molecule has 124 valence electrons. The number of amides is 3. The van der Waals surface area contributed by atoms with Crippen LogP contribution < -0.4 is 16.0 Å². The molecule has 1 aliphatic heterocycles. The van der Waals surface area contributed by atoms with Crippen molar-refractivity contribution in [3.63, 3.8) is 0 Å². The van der Waals surface area contributed by atoms with Crippen molar-refractivity contribution in [1.82, 2.24) is 16.0 Å². The van der Waals surface area contributed by atoms with Crippen molar-refractivity contribution < 1.29 is 14.5 Å². The SMILES string of the molecule is O=C(NCCc1ccccc1[N+](=O)[O-])NC1CCCCNC1=O. The van der Waals surface area contributed by atoms with E-state index in [1.54, 1.807) is 18.2 Å². The van der Waals surface area contributed by atoms with Gasteiger partial charge in [0.1, 0.15) is 6.04 Å². The lowest BCUT2D eigenvalue weighted by atomic mass is 10.1. The molecule has 1 saturated heterocycles. The molecule has 0 aromatic heterocycles. The second kappa shape index (κ2) is 8.11. The molecule has 1 aromatic rings. The first kappa shape index (κ1) is 16.7. The summed E-state index contributed by atoms with van der Waals surface area (Å²) in [4.78, 5) is 34.1. The number of carbonyl (C=O) groups is 2. The topological polar surface area (TPSA) is 113 Å². The van der Waals surface area contributed by atoms with Crippen LogP contribution in [0.2, 0.25) is 0 Å². The molecular weight excluding hydrogens is 300 g/mol. The number of benzene rings is 1. The summed E-state index contributed by atoms with van der Waals surface area (Å²) in [6.07, 6.45) is 2.74. The van der Waals surface area contributed by atoms with E-state index in [0.29, 0.717) is 24.9 Å². The standard InChI is InChI=1S/C15H20N4O4/c20-14-12(6-3-4-9-16-14)18-15(21)17-10-8-11-5-1-2-7-13(11)19(22)23/h1-2,5,7,12H,3-4,6,8-10H2,(H,16,20)(H2,17,18,21). The molecule has 1 aromatic carbocycles. The van der Waals surface area contributed by atoms with Gasteiger partial charge in [-0.1, -0.05) is 18.2 Å². The Kier molecular flexibility index (Phi) is 5.90. The van der Waals surface area contributed by atoms with Crippen LogP contribution >= 0.6 is 0 Å². The van der Waals surface area contributed by atoms with E-state index in [1.807, 2.05) is 0 Å². The number of nitrogens with one attached hydrogen (secondary N) is 3. The molecule has 0 bridgehead atoms. The maximum Gasteiger partial charge on any atom is 0.315 e. The number of para-hydroxylation sites is 1. The Bertz CT molecular complexity index is 591. The van der Waals surface area contributed by atoms with Crippen molar-refractivity contribution >= 4 is 17.6 Å². The molecule has 1 atom stereocenters. The van der Waals surface area contributed by atoms with Gasteiger partial charge >= 0.3 is 6.03 Å². The Morgan fingerprint density at radius 2 is 2.13 bits per heavy atom. The van der Waals surface area contributed by atoms with Crippen LogP contribution in [0.3, 0.4) is 0 Å². The number of hydrogen-bond donors (Lipinski definition) is 3. The van der Waals surface area contributed by atoms with Gasteiger partial charge in [-0.2, -0.15) is 0 Å². The summed E-state index contributed by atoms with van der Waals surface area (Å²) in [5, 5.41) is 18.9. The van der Waals surface area contributed by atoms with Gasteiger partial charge in [0, 0.05) is 24.7 Å². The van der Waals surface area contributed by atoms with Crippen molar-refractivity contribution in [3.8, 4) is 0 Å². The molecule has 0 spiro atoms. The molecule has 23 heavy (non-hydrogen) atoms. The second-order valence-electron chi connectivity index (χ2n) is 5.38. The van der Waals surface area contributed by atoms with E-state index in [4.69, 9.17) is 0 Å². The molecule has 0 radical (unpaired) electrons. The van der Waals surface area contributed by atoms with Crippen LogP contribution in [0.15, 0.2) is 24.3 Å². The predicted molar refractivity (Wildman–Crippen MR) is 84.0 cm³/mol. The summed E-state index contributed by atoms with van der Waals surface area (Å²) < 4.78 is 0. The van der Waals surface area contributed by atoms with Crippen molar-refractivity contribution in [2.24, 2.45) is 0 Å². The van der Waals surface area contributed by atoms with Gasteiger partial charge in [0.25, 0.3) is 5.69 Å². The lowest BCUT2D eigenvalue weighted by Gasteiger charge is -2.15. The maximum atomic E-state index is 11.8. The average molecular weight is 320 g/mol. The van der Waals surface area contributed by atoms with Crippen LogP contribution in [0.5, 0.6) is 0 Å². The van der Waals surface area contributed by atoms with Gasteiger partial charge in [0.2, 0.25) is 5.91 Å². The van der Waals surface area contributed by atoms with Crippen molar-refractivity contribution in [3.05, 3.63) is 39.9 Å². The van der Waals surface area contributed by atoms with E-state index in [1.165, 1.54) is 6.07 Å². The van der Waals surface area contributed by atoms with Gasteiger partial charge in [-0.15, -0.1) is 0 Å². The summed E-state index contributed by atoms with van der Waals surface area (Å²) in [5.74, 6) is -0.170.